The van der Waals surface area contributed by atoms with Gasteiger partial charge in [-0.3, -0.25) is 4.79 Å². The zero-order valence-corrected chi connectivity index (χ0v) is 20.2. The second-order valence-electron chi connectivity index (χ2n) is 7.34. The molecule has 0 aliphatic rings. The lowest BCUT2D eigenvalue weighted by Gasteiger charge is -2.08. The first-order chi connectivity index (χ1) is 16.4. The molecule has 1 heterocycles. The number of benzene rings is 2. The van der Waals surface area contributed by atoms with E-state index in [9.17, 15) is 14.4 Å². The van der Waals surface area contributed by atoms with Crippen LogP contribution in [0, 0.1) is 6.92 Å². The molecular formula is C26H27NO6S. The number of amides is 1. The molecule has 2 aromatic carbocycles. The van der Waals surface area contributed by atoms with E-state index in [0.717, 1.165) is 28.2 Å². The van der Waals surface area contributed by atoms with Crippen molar-refractivity contribution in [1.29, 1.82) is 0 Å². The molecule has 8 heteroatoms. The number of carbonyl (C=O) groups excluding carboxylic acids is 3. The average molecular weight is 482 g/mol. The lowest BCUT2D eigenvalue weighted by atomic mass is 10.1. The maximum absolute atomic E-state index is 12.8. The van der Waals surface area contributed by atoms with Gasteiger partial charge in [0.15, 0.2) is 0 Å². The van der Waals surface area contributed by atoms with Gasteiger partial charge in [0.05, 0.1) is 25.2 Å². The molecule has 1 N–H and O–H groups in total. The molecule has 0 fully saturated rings. The van der Waals surface area contributed by atoms with Gasteiger partial charge < -0.3 is 19.5 Å². The summed E-state index contributed by atoms with van der Waals surface area (Å²) in [6, 6.07) is 16.5. The van der Waals surface area contributed by atoms with Crippen LogP contribution in [0.15, 0.2) is 54.6 Å². The van der Waals surface area contributed by atoms with Crippen LogP contribution >= 0.6 is 11.3 Å². The molecule has 3 aromatic rings. The van der Waals surface area contributed by atoms with Crippen LogP contribution in [-0.2, 0) is 27.3 Å². The maximum Gasteiger partial charge on any atom is 0.349 e. The number of carbonyl (C=O) groups is 3. The molecule has 3 rings (SSSR count). The molecule has 0 saturated heterocycles. The molecule has 178 valence electrons. The van der Waals surface area contributed by atoms with Crippen LogP contribution < -0.4 is 10.1 Å². The second kappa shape index (κ2) is 12.0. The van der Waals surface area contributed by atoms with Gasteiger partial charge in [0.2, 0.25) is 5.91 Å². The average Bonchev–Trinajstić information content (AvgIpc) is 3.15. The summed E-state index contributed by atoms with van der Waals surface area (Å²) in [7, 11) is 0. The van der Waals surface area contributed by atoms with Crippen molar-refractivity contribution in [3.63, 3.8) is 0 Å². The first-order valence-corrected chi connectivity index (χ1v) is 11.8. The summed E-state index contributed by atoms with van der Waals surface area (Å²) in [5.41, 5.74) is 2.21. The fourth-order valence-corrected chi connectivity index (χ4v) is 4.37. The topological polar surface area (TPSA) is 90.9 Å². The SMILES string of the molecule is CCOC(=O)c1c(NC(=O)Cc2ccc(OCC)cc2)sc(C(=O)OCc2ccccc2)c1C. The monoisotopic (exact) mass is 481 g/mol. The summed E-state index contributed by atoms with van der Waals surface area (Å²) in [5.74, 6) is -0.761. The normalized spacial score (nSPS) is 10.4. The van der Waals surface area contributed by atoms with Gasteiger partial charge in [-0.15, -0.1) is 11.3 Å². The number of rotatable bonds is 10. The van der Waals surface area contributed by atoms with Crippen molar-refractivity contribution in [3.8, 4) is 5.75 Å². The van der Waals surface area contributed by atoms with E-state index in [1.165, 1.54) is 0 Å². The van der Waals surface area contributed by atoms with E-state index in [1.807, 2.05) is 49.4 Å². The minimum atomic E-state index is -0.602. The van der Waals surface area contributed by atoms with Crippen LogP contribution in [-0.4, -0.2) is 31.1 Å². The number of anilines is 1. The zero-order chi connectivity index (χ0) is 24.5. The molecule has 1 aromatic heterocycles. The molecule has 0 aliphatic carbocycles. The fourth-order valence-electron chi connectivity index (χ4n) is 3.26. The first kappa shape index (κ1) is 25.0. The lowest BCUT2D eigenvalue weighted by Crippen LogP contribution is -2.16. The van der Waals surface area contributed by atoms with Crippen LogP contribution in [0.2, 0.25) is 0 Å². The Balaban J connectivity index is 1.77. The number of esters is 2. The van der Waals surface area contributed by atoms with Crippen molar-refractivity contribution >= 4 is 34.2 Å². The predicted molar refractivity (Wildman–Crippen MR) is 131 cm³/mol. The van der Waals surface area contributed by atoms with Crippen LogP contribution in [0.5, 0.6) is 5.75 Å². The highest BCUT2D eigenvalue weighted by Crippen LogP contribution is 2.34. The summed E-state index contributed by atoms with van der Waals surface area (Å²) < 4.78 is 16.0. The molecule has 0 spiro atoms. The van der Waals surface area contributed by atoms with Gasteiger partial charge in [-0.1, -0.05) is 42.5 Å². The Morgan fingerprint density at radius 3 is 2.21 bits per heavy atom. The molecule has 0 bridgehead atoms. The van der Waals surface area contributed by atoms with Gasteiger partial charge in [-0.05, 0) is 49.6 Å². The Labute approximate surface area is 202 Å². The van der Waals surface area contributed by atoms with Crippen LogP contribution in [0.3, 0.4) is 0 Å². The van der Waals surface area contributed by atoms with E-state index >= 15 is 0 Å². The molecule has 0 saturated carbocycles. The number of ether oxygens (including phenoxy) is 3. The Hall–Kier alpha value is -3.65. The third kappa shape index (κ3) is 6.45. The fraction of sp³-hybridized carbons (Fsp3) is 0.269. The van der Waals surface area contributed by atoms with Gasteiger partial charge >= 0.3 is 11.9 Å². The largest absolute Gasteiger partial charge is 0.494 e. The standard InChI is InChI=1S/C26H27NO6S/c1-4-31-20-13-11-18(12-14-20)15-21(28)27-24-22(25(29)32-5-2)17(3)23(34-24)26(30)33-16-19-9-7-6-8-10-19/h6-14H,4-5,15-16H2,1-3H3,(H,27,28). The highest BCUT2D eigenvalue weighted by Gasteiger charge is 2.27. The maximum atomic E-state index is 12.8. The van der Waals surface area contributed by atoms with E-state index in [-0.39, 0.29) is 41.0 Å². The number of thiophene rings is 1. The van der Waals surface area contributed by atoms with Crippen LogP contribution in [0.4, 0.5) is 5.00 Å². The minimum absolute atomic E-state index is 0.0966. The summed E-state index contributed by atoms with van der Waals surface area (Å²) in [4.78, 5) is 38.3. The van der Waals surface area contributed by atoms with Gasteiger partial charge in [-0.25, -0.2) is 9.59 Å². The van der Waals surface area contributed by atoms with E-state index < -0.39 is 11.9 Å². The Kier molecular flexibility index (Phi) is 8.81. The van der Waals surface area contributed by atoms with Crippen molar-refractivity contribution in [2.24, 2.45) is 0 Å². The molecular weight excluding hydrogens is 454 g/mol. The molecule has 7 nitrogen and oxygen atoms in total. The first-order valence-electron chi connectivity index (χ1n) is 11.0. The van der Waals surface area contributed by atoms with Crippen molar-refractivity contribution in [2.45, 2.75) is 33.8 Å². The Bertz CT molecular complexity index is 1140. The molecule has 0 radical (unpaired) electrons. The third-order valence-corrected chi connectivity index (χ3v) is 6.06. The Morgan fingerprint density at radius 2 is 1.56 bits per heavy atom. The van der Waals surface area contributed by atoms with Crippen LogP contribution in [0.1, 0.15) is 50.6 Å². The van der Waals surface area contributed by atoms with Gasteiger partial charge in [0.25, 0.3) is 0 Å². The molecule has 0 atom stereocenters. The van der Waals surface area contributed by atoms with E-state index in [4.69, 9.17) is 14.2 Å². The molecule has 34 heavy (non-hydrogen) atoms. The summed E-state index contributed by atoms with van der Waals surface area (Å²) >= 11 is 1.00. The number of hydrogen-bond acceptors (Lipinski definition) is 7. The summed E-state index contributed by atoms with van der Waals surface area (Å²) in [6.07, 6.45) is 0.0966. The van der Waals surface area contributed by atoms with Gasteiger partial charge in [0, 0.05) is 0 Å². The minimum Gasteiger partial charge on any atom is -0.494 e. The summed E-state index contributed by atoms with van der Waals surface area (Å²) in [6.45, 7) is 6.07. The predicted octanol–water partition coefficient (Wildman–Crippen LogP) is 5.17. The van der Waals surface area contributed by atoms with Crippen molar-refractivity contribution in [2.75, 3.05) is 18.5 Å². The quantitative estimate of drug-likeness (QED) is 0.402. The molecule has 1 amide bonds. The van der Waals surface area contributed by atoms with Crippen molar-refractivity contribution < 1.29 is 28.6 Å². The van der Waals surface area contributed by atoms with Crippen molar-refractivity contribution in [3.05, 3.63) is 81.7 Å². The second-order valence-corrected chi connectivity index (χ2v) is 8.37. The highest BCUT2D eigenvalue weighted by atomic mass is 32.1. The van der Waals surface area contributed by atoms with Gasteiger partial charge in [0.1, 0.15) is 22.2 Å². The number of hydrogen-bond donors (Lipinski definition) is 1. The van der Waals surface area contributed by atoms with Crippen LogP contribution in [0.25, 0.3) is 0 Å². The molecule has 0 aliphatic heterocycles. The molecule has 0 unspecified atom stereocenters. The van der Waals surface area contributed by atoms with Crippen molar-refractivity contribution in [1.82, 2.24) is 0 Å². The number of nitrogens with one attached hydrogen (secondary N) is 1. The smallest absolute Gasteiger partial charge is 0.349 e. The summed E-state index contributed by atoms with van der Waals surface area (Å²) in [5, 5.41) is 3.03. The van der Waals surface area contributed by atoms with E-state index in [0.29, 0.717) is 12.2 Å². The lowest BCUT2D eigenvalue weighted by molar-refractivity contribution is -0.115. The van der Waals surface area contributed by atoms with E-state index in [2.05, 4.69) is 5.32 Å². The highest BCUT2D eigenvalue weighted by molar-refractivity contribution is 7.18. The van der Waals surface area contributed by atoms with E-state index in [1.54, 1.807) is 26.0 Å². The van der Waals surface area contributed by atoms with Gasteiger partial charge in [-0.2, -0.15) is 0 Å². The third-order valence-electron chi connectivity index (χ3n) is 4.88. The zero-order valence-electron chi connectivity index (χ0n) is 19.4. The Morgan fingerprint density at radius 1 is 0.853 bits per heavy atom.